The maximum atomic E-state index is 12.3. The Hall–Kier alpha value is -1.66. The molecule has 1 aromatic rings. The lowest BCUT2D eigenvalue weighted by Gasteiger charge is -2.33. The minimum atomic E-state index is -0.0675. The van der Waals surface area contributed by atoms with Crippen molar-refractivity contribution < 1.29 is 9.53 Å². The van der Waals surface area contributed by atoms with Crippen LogP contribution in [-0.4, -0.2) is 67.1 Å². The minimum absolute atomic E-state index is 0.0675. The van der Waals surface area contributed by atoms with Gasteiger partial charge in [0.05, 0.1) is 18.8 Å². The number of carbonyl (C=O) groups is 1. The second-order valence-corrected chi connectivity index (χ2v) is 6.35. The Labute approximate surface area is 137 Å². The largest absolute Gasteiger partial charge is 0.388 e. The summed E-state index contributed by atoms with van der Waals surface area (Å²) < 4.78 is 5.90. The average Bonchev–Trinajstić information content (AvgIpc) is 3.09. The Morgan fingerprint density at radius 1 is 1.35 bits per heavy atom. The van der Waals surface area contributed by atoms with Gasteiger partial charge >= 0.3 is 0 Å². The fourth-order valence-corrected chi connectivity index (χ4v) is 3.29. The third-order valence-electron chi connectivity index (χ3n) is 4.56. The number of nitrogens with one attached hydrogen (secondary N) is 1. The first-order valence-electron chi connectivity index (χ1n) is 8.44. The van der Waals surface area contributed by atoms with E-state index in [1.807, 2.05) is 31.0 Å². The smallest absolute Gasteiger partial charge is 0.236 e. The van der Waals surface area contributed by atoms with Crippen molar-refractivity contribution >= 4 is 11.6 Å². The number of aromatic nitrogens is 1. The molecule has 126 valence electrons. The van der Waals surface area contributed by atoms with Crippen molar-refractivity contribution in [2.45, 2.75) is 25.9 Å². The molecule has 1 aromatic heterocycles. The van der Waals surface area contributed by atoms with Crippen molar-refractivity contribution in [2.24, 2.45) is 0 Å². The molecule has 2 aliphatic heterocycles. The molecule has 0 radical (unpaired) electrons. The number of nitrogens with zero attached hydrogens (tertiary/aromatic N) is 3. The summed E-state index contributed by atoms with van der Waals surface area (Å²) in [4.78, 5) is 21.1. The first-order chi connectivity index (χ1) is 11.2. The fourth-order valence-electron chi connectivity index (χ4n) is 3.29. The molecular formula is C17H26N4O2. The van der Waals surface area contributed by atoms with Gasteiger partial charge < -0.3 is 15.0 Å². The van der Waals surface area contributed by atoms with Crippen LogP contribution in [0.25, 0.3) is 0 Å². The number of rotatable bonds is 4. The second kappa shape index (κ2) is 7.27. The topological polar surface area (TPSA) is 57.7 Å². The SMILES string of the molecule is CNc1cc(C)nc([C@@H]2CN(CC(=O)N3CCCC3)CCO2)c1. The Morgan fingerprint density at radius 2 is 2.13 bits per heavy atom. The summed E-state index contributed by atoms with van der Waals surface area (Å²) in [5, 5.41) is 3.16. The van der Waals surface area contributed by atoms with Crippen LogP contribution in [0.3, 0.4) is 0 Å². The number of amides is 1. The van der Waals surface area contributed by atoms with Gasteiger partial charge in [0.2, 0.25) is 5.91 Å². The Morgan fingerprint density at radius 3 is 2.87 bits per heavy atom. The number of hydrogen-bond donors (Lipinski definition) is 1. The maximum Gasteiger partial charge on any atom is 0.236 e. The van der Waals surface area contributed by atoms with Crippen LogP contribution in [0.4, 0.5) is 5.69 Å². The first-order valence-corrected chi connectivity index (χ1v) is 8.44. The molecule has 3 rings (SSSR count). The summed E-state index contributed by atoms with van der Waals surface area (Å²) in [6.45, 7) is 6.48. The number of likely N-dealkylation sites (tertiary alicyclic amines) is 1. The van der Waals surface area contributed by atoms with E-state index in [0.717, 1.165) is 56.1 Å². The molecule has 3 heterocycles. The molecule has 2 aliphatic rings. The van der Waals surface area contributed by atoms with Gasteiger partial charge in [-0.2, -0.15) is 0 Å². The lowest BCUT2D eigenvalue weighted by atomic mass is 10.1. The average molecular weight is 318 g/mol. The highest BCUT2D eigenvalue weighted by atomic mass is 16.5. The van der Waals surface area contributed by atoms with Crippen molar-refractivity contribution in [3.63, 3.8) is 0 Å². The number of aryl methyl sites for hydroxylation is 1. The molecule has 1 N–H and O–H groups in total. The van der Waals surface area contributed by atoms with E-state index in [4.69, 9.17) is 4.74 Å². The van der Waals surface area contributed by atoms with E-state index in [-0.39, 0.29) is 12.0 Å². The number of hydrogen-bond acceptors (Lipinski definition) is 5. The number of carbonyl (C=O) groups excluding carboxylic acids is 1. The highest BCUT2D eigenvalue weighted by molar-refractivity contribution is 5.78. The predicted octanol–water partition coefficient (Wildman–Crippen LogP) is 1.43. The second-order valence-electron chi connectivity index (χ2n) is 6.35. The van der Waals surface area contributed by atoms with E-state index in [2.05, 4.69) is 15.2 Å². The van der Waals surface area contributed by atoms with Crippen LogP contribution in [0.2, 0.25) is 0 Å². The molecule has 6 nitrogen and oxygen atoms in total. The quantitative estimate of drug-likeness (QED) is 0.910. The summed E-state index contributed by atoms with van der Waals surface area (Å²) in [6, 6.07) is 4.05. The maximum absolute atomic E-state index is 12.3. The minimum Gasteiger partial charge on any atom is -0.388 e. The van der Waals surface area contributed by atoms with E-state index in [1.54, 1.807) is 0 Å². The summed E-state index contributed by atoms with van der Waals surface area (Å²) in [7, 11) is 1.90. The van der Waals surface area contributed by atoms with Crippen molar-refractivity contribution in [3.8, 4) is 0 Å². The van der Waals surface area contributed by atoms with Gasteiger partial charge in [-0.1, -0.05) is 0 Å². The third kappa shape index (κ3) is 4.00. The molecule has 0 spiro atoms. The van der Waals surface area contributed by atoms with Crippen LogP contribution in [0.5, 0.6) is 0 Å². The lowest BCUT2D eigenvalue weighted by molar-refractivity contribution is -0.133. The van der Waals surface area contributed by atoms with E-state index in [1.165, 1.54) is 0 Å². The Bertz CT molecular complexity index is 558. The molecule has 0 unspecified atom stereocenters. The van der Waals surface area contributed by atoms with Gasteiger partial charge in [-0.25, -0.2) is 0 Å². The zero-order valence-electron chi connectivity index (χ0n) is 14.0. The van der Waals surface area contributed by atoms with E-state index < -0.39 is 0 Å². The molecule has 0 aliphatic carbocycles. The number of pyridine rings is 1. The Kier molecular flexibility index (Phi) is 5.13. The van der Waals surface area contributed by atoms with Crippen molar-refractivity contribution in [1.29, 1.82) is 0 Å². The van der Waals surface area contributed by atoms with Gasteiger partial charge in [-0.15, -0.1) is 0 Å². The standard InChI is InChI=1S/C17H26N4O2/c1-13-9-14(18-2)10-15(19-13)16-11-20(7-8-23-16)12-17(22)21-5-3-4-6-21/h9-10,16H,3-8,11-12H2,1-2H3,(H,18,19)/t16-/m0/s1. The van der Waals surface area contributed by atoms with E-state index >= 15 is 0 Å². The first kappa shape index (κ1) is 16.2. The predicted molar refractivity (Wildman–Crippen MR) is 89.5 cm³/mol. The normalized spacial score (nSPS) is 22.3. The van der Waals surface area contributed by atoms with Crippen LogP contribution >= 0.6 is 0 Å². The molecule has 2 fully saturated rings. The monoisotopic (exact) mass is 318 g/mol. The number of anilines is 1. The van der Waals surface area contributed by atoms with Crippen molar-refractivity contribution in [2.75, 3.05) is 51.7 Å². The van der Waals surface area contributed by atoms with Crippen LogP contribution in [-0.2, 0) is 9.53 Å². The van der Waals surface area contributed by atoms with Crippen LogP contribution in [0.15, 0.2) is 12.1 Å². The van der Waals surface area contributed by atoms with Gasteiger partial charge in [0.1, 0.15) is 6.10 Å². The summed E-state index contributed by atoms with van der Waals surface area (Å²) in [5.74, 6) is 0.247. The van der Waals surface area contributed by atoms with Crippen LogP contribution in [0, 0.1) is 6.92 Å². The van der Waals surface area contributed by atoms with Crippen LogP contribution in [0.1, 0.15) is 30.3 Å². The summed E-state index contributed by atoms with van der Waals surface area (Å²) in [5.41, 5.74) is 2.95. The third-order valence-corrected chi connectivity index (χ3v) is 4.56. The lowest BCUT2D eigenvalue weighted by Crippen LogP contribution is -2.45. The highest BCUT2D eigenvalue weighted by Gasteiger charge is 2.27. The molecule has 1 atom stereocenters. The molecular weight excluding hydrogens is 292 g/mol. The van der Waals surface area contributed by atoms with Gasteiger partial charge in [-0.3, -0.25) is 14.7 Å². The zero-order chi connectivity index (χ0) is 16.2. The van der Waals surface area contributed by atoms with Crippen molar-refractivity contribution in [1.82, 2.24) is 14.8 Å². The molecule has 6 heteroatoms. The van der Waals surface area contributed by atoms with Gasteiger partial charge in [0.15, 0.2) is 0 Å². The highest BCUT2D eigenvalue weighted by Crippen LogP contribution is 2.24. The molecule has 0 saturated carbocycles. The Balaban J connectivity index is 1.63. The van der Waals surface area contributed by atoms with Gasteiger partial charge in [-0.05, 0) is 31.9 Å². The van der Waals surface area contributed by atoms with E-state index in [0.29, 0.717) is 13.2 Å². The number of morpholine rings is 1. The van der Waals surface area contributed by atoms with Gasteiger partial charge in [0, 0.05) is 44.6 Å². The molecule has 0 aromatic carbocycles. The summed E-state index contributed by atoms with van der Waals surface area (Å²) >= 11 is 0. The molecule has 1 amide bonds. The van der Waals surface area contributed by atoms with Crippen molar-refractivity contribution in [3.05, 3.63) is 23.5 Å². The fraction of sp³-hybridized carbons (Fsp3) is 0.647. The molecule has 23 heavy (non-hydrogen) atoms. The summed E-state index contributed by atoms with van der Waals surface area (Å²) in [6.07, 6.45) is 2.21. The van der Waals surface area contributed by atoms with E-state index in [9.17, 15) is 4.79 Å². The molecule has 0 bridgehead atoms. The van der Waals surface area contributed by atoms with Crippen LogP contribution < -0.4 is 5.32 Å². The van der Waals surface area contributed by atoms with Gasteiger partial charge in [0.25, 0.3) is 0 Å². The number of ether oxygens (including phenoxy) is 1. The zero-order valence-corrected chi connectivity index (χ0v) is 14.0. The molecule has 2 saturated heterocycles.